The molecule has 0 radical (unpaired) electrons. The summed E-state index contributed by atoms with van der Waals surface area (Å²) in [5.74, 6) is 1.98. The Kier molecular flexibility index (Phi) is 8.81. The fourth-order valence-electron chi connectivity index (χ4n) is 13.9. The molecule has 6 aliphatic rings. The Morgan fingerprint density at radius 2 is 1.08 bits per heavy atom. The second kappa shape index (κ2) is 15.1. The van der Waals surface area contributed by atoms with Crippen LogP contribution in [0, 0.1) is 17.8 Å². The van der Waals surface area contributed by atoms with E-state index in [1.165, 1.54) is 99.6 Å². The molecule has 0 N–H and O–H groups in total. The molecule has 0 saturated carbocycles. The molecular weight excluding hydrogens is 809 g/mol. The van der Waals surface area contributed by atoms with Gasteiger partial charge >= 0.3 is 0 Å². The number of hydrogen-bond donors (Lipinski definition) is 0. The predicted molar refractivity (Wildman–Crippen MR) is 282 cm³/mol. The van der Waals surface area contributed by atoms with Gasteiger partial charge < -0.3 is 0 Å². The van der Waals surface area contributed by atoms with E-state index in [-0.39, 0.29) is 11.8 Å². The van der Waals surface area contributed by atoms with Gasteiger partial charge in [0.1, 0.15) is 0 Å². The molecule has 14 rings (SSSR count). The first-order valence-corrected chi connectivity index (χ1v) is 26.9. The van der Waals surface area contributed by atoms with Gasteiger partial charge in [0.15, 0.2) is 0 Å². The zero-order valence-electron chi connectivity index (χ0n) is 37.4. The second-order valence-electron chi connectivity index (χ2n) is 20.1. The van der Waals surface area contributed by atoms with Crippen molar-refractivity contribution in [2.45, 2.75) is 49.1 Å². The highest BCUT2D eigenvalue weighted by atomic mass is 28.3. The van der Waals surface area contributed by atoms with Crippen LogP contribution in [0.1, 0.15) is 70.4 Å². The summed E-state index contributed by atoms with van der Waals surface area (Å²) in [6.45, 7) is 2.66. The molecule has 8 unspecified atom stereocenters. The minimum absolute atomic E-state index is 0.264. The summed E-state index contributed by atoms with van der Waals surface area (Å²) in [6.07, 6.45) is 26.7. The van der Waals surface area contributed by atoms with Crippen molar-refractivity contribution < 1.29 is 0 Å². The van der Waals surface area contributed by atoms with Crippen LogP contribution in [-0.4, -0.2) is 8.80 Å². The maximum Gasteiger partial charge on any atom is 0.0755 e. The molecular formula is C65H52Si. The maximum atomic E-state index is 2.85. The average molecular weight is 861 g/mol. The molecule has 8 atom stereocenters. The molecule has 0 nitrogen and oxygen atoms in total. The van der Waals surface area contributed by atoms with Gasteiger partial charge in [0.2, 0.25) is 0 Å². The molecule has 316 valence electrons. The largest absolute Gasteiger partial charge is 0.0839 e. The number of hydrogen-bond acceptors (Lipinski definition) is 0. The predicted octanol–water partition coefficient (Wildman–Crippen LogP) is 16.4. The Hall–Kier alpha value is -6.80. The van der Waals surface area contributed by atoms with Gasteiger partial charge in [-0.05, 0) is 135 Å². The quantitative estimate of drug-likeness (QED) is 0.122. The van der Waals surface area contributed by atoms with Crippen molar-refractivity contribution in [1.82, 2.24) is 0 Å². The van der Waals surface area contributed by atoms with Gasteiger partial charge in [-0.25, -0.2) is 0 Å². The van der Waals surface area contributed by atoms with Gasteiger partial charge in [-0.15, -0.1) is 0 Å². The molecule has 1 fully saturated rings. The van der Waals surface area contributed by atoms with Gasteiger partial charge in [0, 0.05) is 23.7 Å². The van der Waals surface area contributed by atoms with Crippen molar-refractivity contribution in [2.24, 2.45) is 17.8 Å². The van der Waals surface area contributed by atoms with E-state index < -0.39 is 8.80 Å². The first kappa shape index (κ1) is 38.5. The van der Waals surface area contributed by atoms with Crippen molar-refractivity contribution in [2.75, 3.05) is 0 Å². The Morgan fingerprint density at radius 1 is 0.500 bits per heavy atom. The highest BCUT2D eigenvalue weighted by Gasteiger charge is 2.49. The summed E-state index contributed by atoms with van der Waals surface area (Å²) < 4.78 is 0. The van der Waals surface area contributed by atoms with Crippen LogP contribution in [0.25, 0.3) is 48.7 Å². The molecule has 8 aromatic rings. The van der Waals surface area contributed by atoms with E-state index >= 15 is 0 Å². The maximum absolute atomic E-state index is 2.85. The third-order valence-corrected chi connectivity index (χ3v) is 20.1. The van der Waals surface area contributed by atoms with E-state index in [9.17, 15) is 0 Å². The molecule has 1 saturated heterocycles. The van der Waals surface area contributed by atoms with E-state index in [2.05, 4.69) is 219 Å². The molecule has 1 heteroatoms. The molecule has 8 aromatic carbocycles. The lowest BCUT2D eigenvalue weighted by atomic mass is 9.58. The molecule has 0 spiro atoms. The molecule has 0 amide bonds. The fourth-order valence-corrected chi connectivity index (χ4v) is 17.1. The van der Waals surface area contributed by atoms with Crippen LogP contribution in [-0.2, 0) is 0 Å². The van der Waals surface area contributed by atoms with Gasteiger partial charge in [-0.1, -0.05) is 224 Å². The lowest BCUT2D eigenvalue weighted by molar-refractivity contribution is 0.357. The second-order valence-corrected chi connectivity index (χ2v) is 23.1. The smallest absolute Gasteiger partial charge is 0.0755 e. The van der Waals surface area contributed by atoms with E-state index in [1.807, 2.05) is 0 Å². The van der Waals surface area contributed by atoms with Crippen molar-refractivity contribution >= 4 is 57.5 Å². The topological polar surface area (TPSA) is 0 Å². The molecule has 66 heavy (non-hydrogen) atoms. The standard InChI is InChI=1S/C65H52Si/c1-66-60-37-49(63-53-22-10-8-20-51(53)62(52-21-9-11-23-54(52)63)46-29-26-40-14-2-5-17-43(40)34-46)32-33-50(60)57-38-58-59(39-61(57)66)65(48-31-28-42-16-4-7-19-45(42)36-48)56-25-13-12-24-55(56)64(58)47-30-27-41-15-3-6-18-44(41)35-47/h3-13,15-33,35-39,46,50,58-60,64-66H,2,14,34H2,1H3. The van der Waals surface area contributed by atoms with E-state index in [1.54, 1.807) is 10.8 Å². The Morgan fingerprint density at radius 3 is 1.73 bits per heavy atom. The fraction of sp³-hybridized carbons (Fsp3) is 0.169. The molecule has 5 aliphatic carbocycles. The summed E-state index contributed by atoms with van der Waals surface area (Å²) in [5, 5.41) is 12.6. The van der Waals surface area contributed by atoms with E-state index in [0.29, 0.717) is 29.2 Å². The number of benzene rings is 8. The molecule has 1 heterocycles. The Bertz CT molecular complexity index is 3530. The van der Waals surface area contributed by atoms with Gasteiger partial charge in [-0.3, -0.25) is 0 Å². The van der Waals surface area contributed by atoms with Crippen molar-refractivity contribution in [3.05, 3.63) is 268 Å². The first-order valence-electron chi connectivity index (χ1n) is 24.5. The van der Waals surface area contributed by atoms with Gasteiger partial charge in [-0.2, -0.15) is 0 Å². The zero-order valence-corrected chi connectivity index (χ0v) is 38.6. The van der Waals surface area contributed by atoms with Crippen molar-refractivity contribution in [1.29, 1.82) is 0 Å². The van der Waals surface area contributed by atoms with E-state index in [0.717, 1.165) is 12.8 Å². The lowest BCUT2D eigenvalue weighted by Gasteiger charge is -2.45. The van der Waals surface area contributed by atoms with Crippen LogP contribution < -0.4 is 0 Å². The van der Waals surface area contributed by atoms with E-state index in [4.69, 9.17) is 0 Å². The van der Waals surface area contributed by atoms with Crippen LogP contribution in [0.5, 0.6) is 0 Å². The SMILES string of the molecule is C[SiH]1C2=CC3C(c4ccc5ccccc5c4)c4ccccc4C(c4ccc5ccccc5c4)C3C=C2C2C=CC(c3c4ccccc4c(C4C=CC5=C(C=CCC5)C4)c4ccccc34)=CC21. The number of allylic oxidation sites excluding steroid dienone is 14. The van der Waals surface area contributed by atoms with Crippen molar-refractivity contribution in [3.8, 4) is 0 Å². The van der Waals surface area contributed by atoms with Crippen LogP contribution in [0.2, 0.25) is 12.1 Å². The van der Waals surface area contributed by atoms with Crippen LogP contribution in [0.4, 0.5) is 0 Å². The number of fused-ring (bicyclic) bond motifs is 9. The summed E-state index contributed by atoms with van der Waals surface area (Å²) >= 11 is 0. The normalized spacial score (nSPS) is 26.1. The Labute approximate surface area is 390 Å². The number of rotatable bonds is 4. The third kappa shape index (κ3) is 5.88. The average Bonchev–Trinajstić information content (AvgIpc) is 3.65. The van der Waals surface area contributed by atoms with Gasteiger partial charge in [0.05, 0.1) is 8.80 Å². The lowest BCUT2D eigenvalue weighted by Crippen LogP contribution is -2.35. The first-order chi connectivity index (χ1) is 32.6. The van der Waals surface area contributed by atoms with Gasteiger partial charge in [0.25, 0.3) is 0 Å². The third-order valence-electron chi connectivity index (χ3n) is 16.8. The summed E-state index contributed by atoms with van der Waals surface area (Å²) in [6, 6.07) is 60.5. The summed E-state index contributed by atoms with van der Waals surface area (Å²) in [5.41, 5.74) is 15.3. The molecule has 1 aliphatic heterocycles. The Balaban J connectivity index is 0.912. The summed E-state index contributed by atoms with van der Waals surface area (Å²) in [7, 11) is -1.46. The minimum atomic E-state index is -1.46. The molecule has 0 bridgehead atoms. The van der Waals surface area contributed by atoms with Crippen LogP contribution in [0.15, 0.2) is 234 Å². The summed E-state index contributed by atoms with van der Waals surface area (Å²) in [4.78, 5) is 0. The van der Waals surface area contributed by atoms with Crippen LogP contribution >= 0.6 is 0 Å². The van der Waals surface area contributed by atoms with Crippen molar-refractivity contribution in [3.63, 3.8) is 0 Å². The monoisotopic (exact) mass is 860 g/mol. The zero-order chi connectivity index (χ0) is 43.5. The van der Waals surface area contributed by atoms with Crippen LogP contribution in [0.3, 0.4) is 0 Å². The highest BCUT2D eigenvalue weighted by molar-refractivity contribution is 6.70. The highest BCUT2D eigenvalue weighted by Crippen LogP contribution is 2.60. The molecule has 0 aromatic heterocycles. The minimum Gasteiger partial charge on any atom is -0.0839 e.